The summed E-state index contributed by atoms with van der Waals surface area (Å²) in [5.41, 5.74) is 1.47. The normalized spacial score (nSPS) is 15.4. The van der Waals surface area contributed by atoms with Crippen LogP contribution >= 0.6 is 0 Å². The number of anilines is 1. The van der Waals surface area contributed by atoms with E-state index >= 15 is 0 Å². The lowest BCUT2D eigenvalue weighted by Gasteiger charge is -2.28. The minimum absolute atomic E-state index is 0.120. The van der Waals surface area contributed by atoms with Gasteiger partial charge in [-0.15, -0.1) is 10.2 Å². The Labute approximate surface area is 127 Å². The molecule has 1 aromatic carbocycles. The van der Waals surface area contributed by atoms with Gasteiger partial charge < -0.3 is 4.90 Å². The molecule has 1 fully saturated rings. The molecule has 1 aliphatic heterocycles. The highest BCUT2D eigenvalue weighted by atomic mass is 16.6. The van der Waals surface area contributed by atoms with Gasteiger partial charge in [-0.25, -0.2) is 4.68 Å². The van der Waals surface area contributed by atoms with Gasteiger partial charge in [-0.3, -0.25) is 10.1 Å². The number of hydrogen-bond acceptors (Lipinski definition) is 6. The maximum atomic E-state index is 11.4. The van der Waals surface area contributed by atoms with Crippen molar-refractivity contribution in [2.24, 2.45) is 5.10 Å². The Hall–Kier alpha value is -2.77. The first-order valence-corrected chi connectivity index (χ1v) is 7.16. The van der Waals surface area contributed by atoms with Crippen LogP contribution in [0.2, 0.25) is 0 Å². The summed E-state index contributed by atoms with van der Waals surface area (Å²) in [6.45, 7) is 1.74. The molecule has 114 valence electrons. The molecule has 0 atom stereocenters. The zero-order valence-corrected chi connectivity index (χ0v) is 12.0. The Bertz CT molecular complexity index is 677. The monoisotopic (exact) mass is 300 g/mol. The topological polar surface area (TPSA) is 89.4 Å². The van der Waals surface area contributed by atoms with Crippen LogP contribution in [0.25, 0.3) is 0 Å². The van der Waals surface area contributed by atoms with E-state index in [0.29, 0.717) is 11.3 Å². The molecule has 2 aromatic rings. The summed E-state index contributed by atoms with van der Waals surface area (Å²) in [5, 5.41) is 22.7. The molecule has 0 saturated carbocycles. The van der Waals surface area contributed by atoms with Gasteiger partial charge in [0.05, 0.1) is 11.1 Å². The first-order valence-electron chi connectivity index (χ1n) is 7.16. The Morgan fingerprint density at radius 1 is 1.18 bits per heavy atom. The number of nitrogens with zero attached hydrogens (tertiary/aromatic N) is 6. The van der Waals surface area contributed by atoms with Crippen molar-refractivity contribution >= 4 is 17.6 Å². The van der Waals surface area contributed by atoms with Gasteiger partial charge in [-0.1, -0.05) is 6.07 Å². The van der Waals surface area contributed by atoms with E-state index in [1.54, 1.807) is 18.3 Å². The van der Waals surface area contributed by atoms with Crippen molar-refractivity contribution < 1.29 is 4.92 Å². The summed E-state index contributed by atoms with van der Waals surface area (Å²) >= 11 is 0. The van der Waals surface area contributed by atoms with Crippen LogP contribution in [0.5, 0.6) is 0 Å². The Balaban J connectivity index is 1.88. The average molecular weight is 300 g/mol. The molecule has 0 N–H and O–H groups in total. The first kappa shape index (κ1) is 14.2. The van der Waals surface area contributed by atoms with Crippen LogP contribution in [0.4, 0.5) is 11.4 Å². The molecule has 3 rings (SSSR count). The van der Waals surface area contributed by atoms with Gasteiger partial charge in [-0.2, -0.15) is 5.10 Å². The van der Waals surface area contributed by atoms with Gasteiger partial charge >= 0.3 is 0 Å². The highest BCUT2D eigenvalue weighted by Gasteiger charge is 2.21. The van der Waals surface area contributed by atoms with Gasteiger partial charge in [0.15, 0.2) is 0 Å². The lowest BCUT2D eigenvalue weighted by Crippen LogP contribution is -2.29. The average Bonchev–Trinajstić information content (AvgIpc) is 3.07. The van der Waals surface area contributed by atoms with E-state index in [0.717, 1.165) is 25.9 Å². The molecule has 0 bridgehead atoms. The summed E-state index contributed by atoms with van der Waals surface area (Å²) in [4.78, 5) is 13.1. The third-order valence-corrected chi connectivity index (χ3v) is 3.64. The predicted molar refractivity (Wildman–Crippen MR) is 82.2 cm³/mol. The molecule has 1 aromatic heterocycles. The second-order valence-corrected chi connectivity index (χ2v) is 5.14. The van der Waals surface area contributed by atoms with Crippen molar-refractivity contribution in [3.8, 4) is 0 Å². The highest BCUT2D eigenvalue weighted by Crippen LogP contribution is 2.30. The van der Waals surface area contributed by atoms with Crippen LogP contribution in [-0.2, 0) is 0 Å². The Morgan fingerprint density at radius 2 is 1.91 bits per heavy atom. The molecular weight excluding hydrogens is 284 g/mol. The van der Waals surface area contributed by atoms with Crippen molar-refractivity contribution in [3.05, 3.63) is 46.5 Å². The third kappa shape index (κ3) is 3.11. The van der Waals surface area contributed by atoms with Crippen molar-refractivity contribution in [3.63, 3.8) is 0 Å². The second kappa shape index (κ2) is 6.33. The van der Waals surface area contributed by atoms with E-state index < -0.39 is 0 Å². The molecule has 8 nitrogen and oxygen atoms in total. The zero-order chi connectivity index (χ0) is 15.4. The third-order valence-electron chi connectivity index (χ3n) is 3.64. The largest absolute Gasteiger partial charge is 0.366 e. The Morgan fingerprint density at radius 3 is 2.59 bits per heavy atom. The molecule has 1 aliphatic rings. The quantitative estimate of drug-likeness (QED) is 0.490. The number of hydrogen-bond donors (Lipinski definition) is 0. The molecule has 0 spiro atoms. The molecule has 0 amide bonds. The number of benzene rings is 1. The summed E-state index contributed by atoms with van der Waals surface area (Å²) in [5.74, 6) is 0. The van der Waals surface area contributed by atoms with E-state index in [1.165, 1.54) is 23.8 Å². The molecule has 0 radical (unpaired) electrons. The summed E-state index contributed by atoms with van der Waals surface area (Å²) < 4.78 is 1.43. The van der Waals surface area contributed by atoms with Gasteiger partial charge in [0.1, 0.15) is 18.3 Å². The number of rotatable bonds is 4. The lowest BCUT2D eigenvalue weighted by molar-refractivity contribution is -0.384. The van der Waals surface area contributed by atoms with Crippen molar-refractivity contribution in [2.45, 2.75) is 19.3 Å². The predicted octanol–water partition coefficient (Wildman–Crippen LogP) is 2.06. The lowest BCUT2D eigenvalue weighted by atomic mass is 10.1. The van der Waals surface area contributed by atoms with Gasteiger partial charge in [0.25, 0.3) is 5.69 Å². The standard InChI is InChI=1S/C14H16N6O2/c21-20(22)14-8-12(9-17-19-10-15-16-11-19)4-5-13(14)18-6-2-1-3-7-18/h4-5,8-11H,1-3,6-7H2. The summed E-state index contributed by atoms with van der Waals surface area (Å²) in [6.07, 6.45) is 7.80. The van der Waals surface area contributed by atoms with Crippen molar-refractivity contribution in [1.29, 1.82) is 0 Å². The number of nitro groups is 1. The van der Waals surface area contributed by atoms with Crippen LogP contribution in [0.3, 0.4) is 0 Å². The molecule has 8 heteroatoms. The fraction of sp³-hybridized carbons (Fsp3) is 0.357. The number of aromatic nitrogens is 3. The summed E-state index contributed by atoms with van der Waals surface area (Å²) in [6, 6.07) is 5.19. The SMILES string of the molecule is O=[N+]([O-])c1cc(C=Nn2cnnc2)ccc1N1CCCCC1. The van der Waals surface area contributed by atoms with E-state index in [-0.39, 0.29) is 10.6 Å². The highest BCUT2D eigenvalue weighted by molar-refractivity contribution is 5.83. The smallest absolute Gasteiger partial charge is 0.293 e. The van der Waals surface area contributed by atoms with Crippen LogP contribution in [0.15, 0.2) is 36.0 Å². The second-order valence-electron chi connectivity index (χ2n) is 5.14. The van der Waals surface area contributed by atoms with Gasteiger partial charge in [0, 0.05) is 24.7 Å². The minimum atomic E-state index is -0.333. The zero-order valence-electron chi connectivity index (χ0n) is 12.0. The molecule has 2 heterocycles. The molecule has 0 aliphatic carbocycles. The van der Waals surface area contributed by atoms with Crippen LogP contribution < -0.4 is 4.90 Å². The molecule has 1 saturated heterocycles. The first-order chi connectivity index (χ1) is 10.7. The number of piperidine rings is 1. The van der Waals surface area contributed by atoms with Crippen molar-refractivity contribution in [2.75, 3.05) is 18.0 Å². The fourth-order valence-electron chi connectivity index (χ4n) is 2.56. The molecular formula is C14H16N6O2. The van der Waals surface area contributed by atoms with E-state index in [1.807, 2.05) is 6.07 Å². The van der Waals surface area contributed by atoms with Crippen molar-refractivity contribution in [1.82, 2.24) is 14.9 Å². The van der Waals surface area contributed by atoms with Crippen LogP contribution in [-0.4, -0.2) is 39.1 Å². The maximum absolute atomic E-state index is 11.4. The van der Waals surface area contributed by atoms with E-state index in [9.17, 15) is 10.1 Å². The minimum Gasteiger partial charge on any atom is -0.366 e. The number of nitro benzene ring substituents is 1. The fourth-order valence-corrected chi connectivity index (χ4v) is 2.56. The van der Waals surface area contributed by atoms with E-state index in [2.05, 4.69) is 20.2 Å². The van der Waals surface area contributed by atoms with Gasteiger partial charge in [0.2, 0.25) is 0 Å². The Kier molecular flexibility index (Phi) is 4.08. The molecule has 0 unspecified atom stereocenters. The summed E-state index contributed by atoms with van der Waals surface area (Å²) in [7, 11) is 0. The van der Waals surface area contributed by atoms with Gasteiger partial charge in [-0.05, 0) is 25.3 Å². The van der Waals surface area contributed by atoms with Crippen LogP contribution in [0, 0.1) is 10.1 Å². The molecule has 22 heavy (non-hydrogen) atoms. The maximum Gasteiger partial charge on any atom is 0.293 e. The van der Waals surface area contributed by atoms with E-state index in [4.69, 9.17) is 0 Å². The van der Waals surface area contributed by atoms with Crippen LogP contribution in [0.1, 0.15) is 24.8 Å².